The Bertz CT molecular complexity index is 210. The summed E-state index contributed by atoms with van der Waals surface area (Å²) in [7, 11) is 0. The van der Waals surface area contributed by atoms with Crippen LogP contribution >= 0.6 is 0 Å². The van der Waals surface area contributed by atoms with Gasteiger partial charge in [-0.05, 0) is 39.0 Å². The molecule has 2 saturated carbocycles. The summed E-state index contributed by atoms with van der Waals surface area (Å²) in [5, 5.41) is 13.2. The molecule has 3 nitrogen and oxygen atoms in total. The Labute approximate surface area is 98.6 Å². The molecule has 0 aliphatic heterocycles. The highest BCUT2D eigenvalue weighted by molar-refractivity contribution is 4.91. The molecule has 3 heteroatoms. The predicted molar refractivity (Wildman–Crippen MR) is 64.5 cm³/mol. The number of rotatable bonds is 6. The normalized spacial score (nSPS) is 26.6. The third kappa shape index (κ3) is 3.44. The molecule has 2 rings (SSSR count). The number of aliphatic hydroxyl groups excluding tert-OH is 1. The van der Waals surface area contributed by atoms with Gasteiger partial charge in [-0.2, -0.15) is 0 Å². The SMILES string of the molecule is CC1(NCC(O)COC2CCCC2)CCC1. The van der Waals surface area contributed by atoms with Crippen LogP contribution in [0.25, 0.3) is 0 Å². The molecular weight excluding hydrogens is 202 g/mol. The highest BCUT2D eigenvalue weighted by atomic mass is 16.5. The Morgan fingerprint density at radius 1 is 1.31 bits per heavy atom. The molecule has 0 spiro atoms. The Morgan fingerprint density at radius 2 is 2.00 bits per heavy atom. The summed E-state index contributed by atoms with van der Waals surface area (Å²) in [6, 6.07) is 0. The first-order chi connectivity index (χ1) is 7.68. The van der Waals surface area contributed by atoms with Gasteiger partial charge in [-0.1, -0.05) is 12.8 Å². The number of ether oxygens (including phenoxy) is 1. The van der Waals surface area contributed by atoms with Gasteiger partial charge in [-0.3, -0.25) is 0 Å². The van der Waals surface area contributed by atoms with E-state index in [2.05, 4.69) is 12.2 Å². The molecule has 94 valence electrons. The van der Waals surface area contributed by atoms with Gasteiger partial charge in [-0.15, -0.1) is 0 Å². The summed E-state index contributed by atoms with van der Waals surface area (Å²) in [5.74, 6) is 0. The minimum Gasteiger partial charge on any atom is -0.389 e. The molecule has 1 atom stereocenters. The fourth-order valence-electron chi connectivity index (χ4n) is 2.61. The average molecular weight is 227 g/mol. The molecule has 2 fully saturated rings. The number of aliphatic hydroxyl groups is 1. The zero-order valence-electron chi connectivity index (χ0n) is 10.4. The fourth-order valence-corrected chi connectivity index (χ4v) is 2.61. The van der Waals surface area contributed by atoms with E-state index in [0.717, 1.165) is 0 Å². The standard InChI is InChI=1S/C13H25NO2/c1-13(7-4-8-13)14-9-11(15)10-16-12-5-2-3-6-12/h11-12,14-15H,2-10H2,1H3. The highest BCUT2D eigenvalue weighted by Gasteiger charge is 2.31. The van der Waals surface area contributed by atoms with Gasteiger partial charge >= 0.3 is 0 Å². The Balaban J connectivity index is 1.55. The second kappa shape index (κ2) is 5.48. The minimum atomic E-state index is -0.349. The van der Waals surface area contributed by atoms with Crippen LogP contribution in [0.2, 0.25) is 0 Å². The van der Waals surface area contributed by atoms with Crippen LogP contribution in [0.4, 0.5) is 0 Å². The van der Waals surface area contributed by atoms with E-state index in [1.807, 2.05) is 0 Å². The van der Waals surface area contributed by atoms with Crippen molar-refractivity contribution in [1.29, 1.82) is 0 Å². The van der Waals surface area contributed by atoms with E-state index in [1.165, 1.54) is 44.9 Å². The minimum absolute atomic E-state index is 0.286. The third-order valence-electron chi connectivity index (χ3n) is 4.05. The van der Waals surface area contributed by atoms with Gasteiger partial charge in [0.15, 0.2) is 0 Å². The first kappa shape index (κ1) is 12.3. The van der Waals surface area contributed by atoms with Crippen molar-refractivity contribution >= 4 is 0 Å². The van der Waals surface area contributed by atoms with E-state index in [1.54, 1.807) is 0 Å². The smallest absolute Gasteiger partial charge is 0.0898 e. The lowest BCUT2D eigenvalue weighted by atomic mass is 9.78. The lowest BCUT2D eigenvalue weighted by molar-refractivity contribution is -0.00965. The van der Waals surface area contributed by atoms with Gasteiger partial charge in [0.25, 0.3) is 0 Å². The summed E-state index contributed by atoms with van der Waals surface area (Å²) in [5.41, 5.74) is 0.286. The lowest BCUT2D eigenvalue weighted by Crippen LogP contribution is -2.51. The maximum absolute atomic E-state index is 9.80. The molecule has 0 bridgehead atoms. The quantitative estimate of drug-likeness (QED) is 0.727. The first-order valence-corrected chi connectivity index (χ1v) is 6.73. The van der Waals surface area contributed by atoms with E-state index in [0.29, 0.717) is 19.3 Å². The van der Waals surface area contributed by atoms with Crippen LogP contribution in [0, 0.1) is 0 Å². The summed E-state index contributed by atoms with van der Waals surface area (Å²) in [6.45, 7) is 3.40. The van der Waals surface area contributed by atoms with Gasteiger partial charge in [0.05, 0.1) is 18.8 Å². The Kier molecular flexibility index (Phi) is 4.22. The maximum Gasteiger partial charge on any atom is 0.0898 e. The largest absolute Gasteiger partial charge is 0.389 e. The van der Waals surface area contributed by atoms with Crippen LogP contribution in [0.3, 0.4) is 0 Å². The molecule has 2 N–H and O–H groups in total. The molecule has 16 heavy (non-hydrogen) atoms. The summed E-state index contributed by atoms with van der Waals surface area (Å²) >= 11 is 0. The van der Waals surface area contributed by atoms with Crippen LogP contribution in [0.1, 0.15) is 51.9 Å². The molecule has 1 unspecified atom stereocenters. The zero-order valence-corrected chi connectivity index (χ0v) is 10.4. The molecular formula is C13H25NO2. The van der Waals surface area contributed by atoms with Crippen molar-refractivity contribution in [2.75, 3.05) is 13.2 Å². The van der Waals surface area contributed by atoms with Gasteiger partial charge in [-0.25, -0.2) is 0 Å². The third-order valence-corrected chi connectivity index (χ3v) is 4.05. The Morgan fingerprint density at radius 3 is 2.56 bits per heavy atom. The van der Waals surface area contributed by atoms with Crippen molar-refractivity contribution < 1.29 is 9.84 Å². The van der Waals surface area contributed by atoms with E-state index in [-0.39, 0.29) is 11.6 Å². The summed E-state index contributed by atoms with van der Waals surface area (Å²) in [4.78, 5) is 0. The van der Waals surface area contributed by atoms with Gasteiger partial charge in [0, 0.05) is 12.1 Å². The molecule has 2 aliphatic carbocycles. The van der Waals surface area contributed by atoms with Crippen molar-refractivity contribution in [3.05, 3.63) is 0 Å². The number of hydrogen-bond donors (Lipinski definition) is 2. The molecule has 0 radical (unpaired) electrons. The van der Waals surface area contributed by atoms with E-state index >= 15 is 0 Å². The van der Waals surface area contributed by atoms with Crippen molar-refractivity contribution in [2.24, 2.45) is 0 Å². The predicted octanol–water partition coefficient (Wildman–Crippen LogP) is 1.84. The molecule has 0 heterocycles. The fraction of sp³-hybridized carbons (Fsp3) is 1.00. The monoisotopic (exact) mass is 227 g/mol. The number of β-amino-alcohol motifs (C(OH)–C–C–N with tert-alkyl or cyclic N) is 1. The lowest BCUT2D eigenvalue weighted by Gasteiger charge is -2.40. The zero-order chi connectivity index (χ0) is 11.4. The van der Waals surface area contributed by atoms with Gasteiger partial charge < -0.3 is 15.2 Å². The van der Waals surface area contributed by atoms with Crippen molar-refractivity contribution in [2.45, 2.75) is 69.6 Å². The van der Waals surface area contributed by atoms with Crippen molar-refractivity contribution in [3.8, 4) is 0 Å². The average Bonchev–Trinajstić information content (AvgIpc) is 2.73. The number of hydrogen-bond acceptors (Lipinski definition) is 3. The van der Waals surface area contributed by atoms with Crippen LogP contribution in [-0.2, 0) is 4.74 Å². The molecule has 0 aromatic heterocycles. The van der Waals surface area contributed by atoms with Gasteiger partial charge in [0.1, 0.15) is 0 Å². The molecule has 0 saturated heterocycles. The van der Waals surface area contributed by atoms with Crippen LogP contribution in [0.5, 0.6) is 0 Å². The topological polar surface area (TPSA) is 41.5 Å². The molecule has 0 amide bonds. The van der Waals surface area contributed by atoms with E-state index < -0.39 is 0 Å². The van der Waals surface area contributed by atoms with E-state index in [4.69, 9.17) is 4.74 Å². The highest BCUT2D eigenvalue weighted by Crippen LogP contribution is 2.30. The first-order valence-electron chi connectivity index (χ1n) is 6.73. The Hall–Kier alpha value is -0.120. The van der Waals surface area contributed by atoms with Crippen LogP contribution in [-0.4, -0.2) is 36.0 Å². The van der Waals surface area contributed by atoms with Crippen LogP contribution in [0.15, 0.2) is 0 Å². The van der Waals surface area contributed by atoms with E-state index in [9.17, 15) is 5.11 Å². The van der Waals surface area contributed by atoms with Crippen LogP contribution < -0.4 is 5.32 Å². The molecule has 0 aromatic carbocycles. The molecule has 0 aromatic rings. The second-order valence-electron chi connectivity index (χ2n) is 5.69. The summed E-state index contributed by atoms with van der Waals surface area (Å²) in [6.07, 6.45) is 8.79. The molecule has 2 aliphatic rings. The van der Waals surface area contributed by atoms with Crippen molar-refractivity contribution in [3.63, 3.8) is 0 Å². The maximum atomic E-state index is 9.80. The van der Waals surface area contributed by atoms with Gasteiger partial charge in [0.2, 0.25) is 0 Å². The second-order valence-corrected chi connectivity index (χ2v) is 5.69. The summed E-state index contributed by atoms with van der Waals surface area (Å²) < 4.78 is 5.69. The van der Waals surface area contributed by atoms with Crippen molar-refractivity contribution in [1.82, 2.24) is 5.32 Å². The number of nitrogens with one attached hydrogen (secondary N) is 1.